The molecular weight excluding hydrogens is 292 g/mol. The van der Waals surface area contributed by atoms with Gasteiger partial charge >= 0.3 is 0 Å². The summed E-state index contributed by atoms with van der Waals surface area (Å²) in [6.45, 7) is 0.535. The summed E-state index contributed by atoms with van der Waals surface area (Å²) in [7, 11) is 4.77. The van der Waals surface area contributed by atoms with Crippen LogP contribution in [-0.4, -0.2) is 26.3 Å². The number of benzene rings is 1. The predicted octanol–water partition coefficient (Wildman–Crippen LogP) is 3.37. The van der Waals surface area contributed by atoms with Crippen LogP contribution in [0.15, 0.2) is 30.6 Å². The third-order valence-electron chi connectivity index (χ3n) is 3.03. The van der Waals surface area contributed by atoms with Crippen LogP contribution in [-0.2, 0) is 6.54 Å². The van der Waals surface area contributed by atoms with Gasteiger partial charge in [0.25, 0.3) is 0 Å². The van der Waals surface area contributed by atoms with E-state index >= 15 is 0 Å². The SMILES string of the molecule is COc1ccc(CNc2ccncc2Cl)c(OC)c1OC. The average Bonchev–Trinajstić information content (AvgIpc) is 2.52. The lowest BCUT2D eigenvalue weighted by atomic mass is 10.1. The van der Waals surface area contributed by atoms with Crippen molar-refractivity contribution in [2.24, 2.45) is 0 Å². The van der Waals surface area contributed by atoms with Crippen molar-refractivity contribution in [2.75, 3.05) is 26.6 Å². The van der Waals surface area contributed by atoms with E-state index in [9.17, 15) is 0 Å². The normalized spacial score (nSPS) is 10.1. The quantitative estimate of drug-likeness (QED) is 0.886. The van der Waals surface area contributed by atoms with Gasteiger partial charge in [-0.2, -0.15) is 0 Å². The first kappa shape index (κ1) is 15.3. The van der Waals surface area contributed by atoms with Crippen LogP contribution in [0, 0.1) is 0 Å². The first-order valence-corrected chi connectivity index (χ1v) is 6.70. The molecule has 5 nitrogen and oxygen atoms in total. The van der Waals surface area contributed by atoms with Gasteiger partial charge in [-0.25, -0.2) is 0 Å². The highest BCUT2D eigenvalue weighted by Crippen LogP contribution is 2.40. The van der Waals surface area contributed by atoms with Gasteiger partial charge in [0.15, 0.2) is 11.5 Å². The molecule has 0 saturated carbocycles. The van der Waals surface area contributed by atoms with E-state index in [1.165, 1.54) is 0 Å². The van der Waals surface area contributed by atoms with Gasteiger partial charge in [0.2, 0.25) is 5.75 Å². The number of nitrogens with zero attached hydrogens (tertiary/aromatic N) is 1. The summed E-state index contributed by atoms with van der Waals surface area (Å²) in [6, 6.07) is 5.57. The monoisotopic (exact) mass is 308 g/mol. The molecule has 0 aliphatic carbocycles. The average molecular weight is 309 g/mol. The number of aromatic nitrogens is 1. The lowest BCUT2D eigenvalue weighted by Gasteiger charge is -2.16. The zero-order valence-corrected chi connectivity index (χ0v) is 12.9. The van der Waals surface area contributed by atoms with Crippen LogP contribution in [0.2, 0.25) is 5.02 Å². The Morgan fingerprint density at radius 1 is 1.05 bits per heavy atom. The molecule has 1 aromatic heterocycles. The maximum absolute atomic E-state index is 6.07. The molecule has 1 N–H and O–H groups in total. The molecule has 0 bridgehead atoms. The van der Waals surface area contributed by atoms with Crippen molar-refractivity contribution in [3.63, 3.8) is 0 Å². The van der Waals surface area contributed by atoms with Crippen molar-refractivity contribution < 1.29 is 14.2 Å². The molecule has 0 radical (unpaired) electrons. The van der Waals surface area contributed by atoms with Crippen molar-refractivity contribution in [1.82, 2.24) is 4.98 Å². The molecule has 0 unspecified atom stereocenters. The largest absolute Gasteiger partial charge is 0.493 e. The molecule has 1 heterocycles. The molecule has 2 rings (SSSR count). The number of hydrogen-bond acceptors (Lipinski definition) is 5. The van der Waals surface area contributed by atoms with Crippen LogP contribution in [0.1, 0.15) is 5.56 Å². The highest BCUT2D eigenvalue weighted by atomic mass is 35.5. The highest BCUT2D eigenvalue weighted by Gasteiger charge is 2.15. The Bertz CT molecular complexity index is 620. The Morgan fingerprint density at radius 2 is 1.81 bits per heavy atom. The number of methoxy groups -OCH3 is 3. The number of ether oxygens (including phenoxy) is 3. The summed E-state index contributed by atoms with van der Waals surface area (Å²) in [5, 5.41) is 3.81. The van der Waals surface area contributed by atoms with Crippen LogP contribution in [0.3, 0.4) is 0 Å². The Morgan fingerprint density at radius 3 is 2.43 bits per heavy atom. The summed E-state index contributed by atoms with van der Waals surface area (Å²) in [5.41, 5.74) is 1.74. The van der Waals surface area contributed by atoms with E-state index in [0.717, 1.165) is 11.3 Å². The first-order chi connectivity index (χ1) is 10.2. The van der Waals surface area contributed by atoms with Gasteiger partial charge in [0.05, 0.1) is 32.0 Å². The second-order valence-corrected chi connectivity index (χ2v) is 4.61. The molecule has 6 heteroatoms. The fourth-order valence-electron chi connectivity index (χ4n) is 2.01. The van der Waals surface area contributed by atoms with Gasteiger partial charge in [-0.3, -0.25) is 4.98 Å². The standard InChI is InChI=1S/C15H17ClN2O3/c1-19-13-5-4-10(14(20-2)15(13)21-3)8-18-12-6-7-17-9-11(12)16/h4-7,9H,8H2,1-3H3,(H,17,18). The number of pyridine rings is 1. The van der Waals surface area contributed by atoms with Gasteiger partial charge in [-0.1, -0.05) is 11.6 Å². The predicted molar refractivity (Wildman–Crippen MR) is 82.7 cm³/mol. The Balaban J connectivity index is 2.26. The van der Waals surface area contributed by atoms with Gasteiger partial charge in [0.1, 0.15) is 0 Å². The minimum atomic E-state index is 0.535. The summed E-state index contributed by atoms with van der Waals surface area (Å²) in [5.74, 6) is 1.83. The van der Waals surface area contributed by atoms with Crippen LogP contribution in [0.25, 0.3) is 0 Å². The first-order valence-electron chi connectivity index (χ1n) is 6.32. The maximum Gasteiger partial charge on any atom is 0.203 e. The number of rotatable bonds is 6. The van der Waals surface area contributed by atoms with E-state index in [1.54, 1.807) is 33.7 Å². The molecule has 112 valence electrons. The van der Waals surface area contributed by atoms with Crippen LogP contribution < -0.4 is 19.5 Å². The fourth-order valence-corrected chi connectivity index (χ4v) is 2.20. The van der Waals surface area contributed by atoms with E-state index in [0.29, 0.717) is 28.8 Å². The number of hydrogen-bond donors (Lipinski definition) is 1. The number of halogens is 1. The van der Waals surface area contributed by atoms with Crippen molar-refractivity contribution in [3.05, 3.63) is 41.2 Å². The van der Waals surface area contributed by atoms with Gasteiger partial charge in [-0.15, -0.1) is 0 Å². The van der Waals surface area contributed by atoms with E-state index in [1.807, 2.05) is 18.2 Å². The fraction of sp³-hybridized carbons (Fsp3) is 0.267. The third-order valence-corrected chi connectivity index (χ3v) is 3.33. The van der Waals surface area contributed by atoms with Crippen molar-refractivity contribution in [3.8, 4) is 17.2 Å². The smallest absolute Gasteiger partial charge is 0.203 e. The molecule has 1 aromatic carbocycles. The minimum Gasteiger partial charge on any atom is -0.493 e. The second-order valence-electron chi connectivity index (χ2n) is 4.20. The van der Waals surface area contributed by atoms with E-state index in [-0.39, 0.29) is 0 Å². The zero-order chi connectivity index (χ0) is 15.2. The summed E-state index contributed by atoms with van der Waals surface area (Å²) in [4.78, 5) is 3.95. The molecular formula is C15H17ClN2O3. The number of nitrogens with one attached hydrogen (secondary N) is 1. The zero-order valence-electron chi connectivity index (χ0n) is 12.1. The third kappa shape index (κ3) is 3.31. The topological polar surface area (TPSA) is 52.6 Å². The Labute approximate surface area is 128 Å². The summed E-state index contributed by atoms with van der Waals surface area (Å²) >= 11 is 6.07. The van der Waals surface area contributed by atoms with Crippen LogP contribution >= 0.6 is 11.6 Å². The molecule has 0 amide bonds. The minimum absolute atomic E-state index is 0.535. The van der Waals surface area contributed by atoms with E-state index in [4.69, 9.17) is 25.8 Å². The molecule has 0 aliphatic heterocycles. The maximum atomic E-state index is 6.07. The van der Waals surface area contributed by atoms with E-state index in [2.05, 4.69) is 10.3 Å². The molecule has 2 aromatic rings. The Hall–Kier alpha value is -2.14. The van der Waals surface area contributed by atoms with Gasteiger partial charge in [-0.05, 0) is 18.2 Å². The molecule has 0 spiro atoms. The summed E-state index contributed by atoms with van der Waals surface area (Å²) in [6.07, 6.45) is 3.27. The highest BCUT2D eigenvalue weighted by molar-refractivity contribution is 6.33. The van der Waals surface area contributed by atoms with Crippen molar-refractivity contribution in [2.45, 2.75) is 6.54 Å². The molecule has 0 fully saturated rings. The van der Waals surface area contributed by atoms with Crippen LogP contribution in [0.4, 0.5) is 5.69 Å². The molecule has 0 saturated heterocycles. The molecule has 21 heavy (non-hydrogen) atoms. The van der Waals surface area contributed by atoms with Crippen LogP contribution in [0.5, 0.6) is 17.2 Å². The van der Waals surface area contributed by atoms with Gasteiger partial charge < -0.3 is 19.5 Å². The second kappa shape index (κ2) is 7.04. The summed E-state index contributed by atoms with van der Waals surface area (Å²) < 4.78 is 16.1. The molecule has 0 atom stereocenters. The van der Waals surface area contributed by atoms with E-state index < -0.39 is 0 Å². The molecule has 0 aliphatic rings. The van der Waals surface area contributed by atoms with Crippen molar-refractivity contribution in [1.29, 1.82) is 0 Å². The van der Waals surface area contributed by atoms with Crippen molar-refractivity contribution >= 4 is 17.3 Å². The Kier molecular flexibility index (Phi) is 5.11. The number of anilines is 1. The lowest BCUT2D eigenvalue weighted by molar-refractivity contribution is 0.322. The van der Waals surface area contributed by atoms with Gasteiger partial charge in [0, 0.05) is 24.5 Å². The lowest BCUT2D eigenvalue weighted by Crippen LogP contribution is -2.04.